The zero-order chi connectivity index (χ0) is 50.3. The summed E-state index contributed by atoms with van der Waals surface area (Å²) in [5.74, 6) is 2.08. The van der Waals surface area contributed by atoms with Crippen molar-refractivity contribution in [2.24, 2.45) is 0 Å². The van der Waals surface area contributed by atoms with E-state index in [1.54, 1.807) is 0 Å². The minimum Gasteiger partial charge on any atom is -0.509 e. The van der Waals surface area contributed by atoms with Gasteiger partial charge in [-0.15, -0.1) is 53.6 Å². The van der Waals surface area contributed by atoms with Crippen molar-refractivity contribution in [1.82, 2.24) is 9.55 Å². The molecule has 0 saturated carbocycles. The van der Waals surface area contributed by atoms with Crippen molar-refractivity contribution >= 4 is 44.6 Å². The van der Waals surface area contributed by atoms with Crippen LogP contribution in [-0.4, -0.2) is 9.55 Å². The Bertz CT molecular complexity index is 3370. The quantitative estimate of drug-likeness (QED) is 0.135. The Kier molecular flexibility index (Phi) is 14.1. The van der Waals surface area contributed by atoms with Crippen molar-refractivity contribution in [2.45, 2.75) is 117 Å². The summed E-state index contributed by atoms with van der Waals surface area (Å²) >= 11 is 0. The molecule has 3 heterocycles. The predicted molar refractivity (Wildman–Crippen MR) is 304 cm³/mol. The van der Waals surface area contributed by atoms with Crippen LogP contribution in [0.4, 0.5) is 22.7 Å². The third kappa shape index (κ3) is 10.0. The van der Waals surface area contributed by atoms with Gasteiger partial charge in [-0.3, -0.25) is 0 Å². The normalized spacial score (nSPS) is 13.2. The van der Waals surface area contributed by atoms with Crippen LogP contribution in [0.25, 0.3) is 27.6 Å². The SMILES string of the molecule is CC(C)(C)c1cc(Oc2[c-]c3c(cc2)c2ccccc2n3-c2cc(C(C)(C)C)ccn2)[c-]c(N2[CH-]N(c3cc(C(C)(C)c4ccccc4)cc(C(C)(C)c4ccccc4)c3)c3cc(C(C)(C)C)ccc32)c1.[CH3-].[Pt+4]. The van der Waals surface area contributed by atoms with E-state index in [9.17, 15) is 0 Å². The molecule has 73 heavy (non-hydrogen) atoms. The second-order valence-corrected chi connectivity index (χ2v) is 23.6. The minimum absolute atomic E-state index is 0. The Morgan fingerprint density at radius 2 is 1.03 bits per heavy atom. The molecule has 1 aliphatic rings. The largest absolute Gasteiger partial charge is 4.00 e. The van der Waals surface area contributed by atoms with E-state index >= 15 is 0 Å². The molecule has 0 atom stereocenters. The zero-order valence-electron chi connectivity index (χ0n) is 45.2. The number of pyridine rings is 1. The summed E-state index contributed by atoms with van der Waals surface area (Å²) in [5.41, 5.74) is 14.0. The average molecular weight is 1140 g/mol. The van der Waals surface area contributed by atoms with Crippen LogP contribution in [0.15, 0.2) is 164 Å². The van der Waals surface area contributed by atoms with Gasteiger partial charge in [0.1, 0.15) is 5.82 Å². The maximum atomic E-state index is 6.94. The Hall–Kier alpha value is -6.42. The van der Waals surface area contributed by atoms with Crippen LogP contribution in [0.5, 0.6) is 11.5 Å². The van der Waals surface area contributed by atoms with Gasteiger partial charge in [0.25, 0.3) is 0 Å². The fraction of sp³-hybridized carbons (Fsp3) is 0.269. The van der Waals surface area contributed by atoms with E-state index in [1.807, 2.05) is 12.3 Å². The number of ether oxygens (including phenoxy) is 1. The second-order valence-electron chi connectivity index (χ2n) is 23.6. The van der Waals surface area contributed by atoms with Gasteiger partial charge < -0.3 is 26.5 Å². The number of hydrogen-bond donors (Lipinski definition) is 0. The summed E-state index contributed by atoms with van der Waals surface area (Å²) in [6.07, 6.45) is 1.91. The van der Waals surface area contributed by atoms with Crippen molar-refractivity contribution in [3.63, 3.8) is 0 Å². The first-order valence-electron chi connectivity index (χ1n) is 25.1. The Balaban J connectivity index is 0.00000356. The molecular formula is C67H70N4OPt. The first-order chi connectivity index (χ1) is 33.6. The number of nitrogens with zero attached hydrogens (tertiary/aromatic N) is 4. The molecule has 0 unspecified atom stereocenters. The maximum Gasteiger partial charge on any atom is 4.00 e. The molecule has 7 aromatic carbocycles. The molecule has 0 amide bonds. The number of fused-ring (bicyclic) bond motifs is 4. The topological polar surface area (TPSA) is 33.5 Å². The van der Waals surface area contributed by atoms with Crippen LogP contribution >= 0.6 is 0 Å². The Morgan fingerprint density at radius 1 is 0.452 bits per heavy atom. The Morgan fingerprint density at radius 3 is 1.63 bits per heavy atom. The van der Waals surface area contributed by atoms with Crippen molar-refractivity contribution < 1.29 is 25.8 Å². The molecular weight excluding hydrogens is 1070 g/mol. The number of para-hydroxylation sites is 1. The number of aromatic nitrogens is 2. The average Bonchev–Trinajstić information content (AvgIpc) is 3.89. The first kappa shape index (κ1) is 52.9. The van der Waals surface area contributed by atoms with Gasteiger partial charge >= 0.3 is 21.1 Å². The zero-order valence-corrected chi connectivity index (χ0v) is 47.5. The minimum atomic E-state index is -0.281. The van der Waals surface area contributed by atoms with E-state index in [0.29, 0.717) is 11.5 Å². The molecule has 2 aromatic heterocycles. The maximum absolute atomic E-state index is 6.94. The summed E-state index contributed by atoms with van der Waals surface area (Å²) in [4.78, 5) is 9.59. The number of benzene rings is 7. The molecule has 0 radical (unpaired) electrons. The van der Waals surface area contributed by atoms with Crippen molar-refractivity contribution in [3.05, 3.63) is 229 Å². The van der Waals surface area contributed by atoms with Crippen LogP contribution in [0.3, 0.4) is 0 Å². The van der Waals surface area contributed by atoms with Gasteiger partial charge in [-0.1, -0.05) is 187 Å². The van der Waals surface area contributed by atoms with Crippen LogP contribution in [0.2, 0.25) is 0 Å². The van der Waals surface area contributed by atoms with Crippen molar-refractivity contribution in [2.75, 3.05) is 9.80 Å². The number of rotatable bonds is 9. The van der Waals surface area contributed by atoms with Gasteiger partial charge in [0.15, 0.2) is 0 Å². The summed E-state index contributed by atoms with van der Waals surface area (Å²) < 4.78 is 9.16. The standard InChI is InChI=1S/C66H67N4O.CH3.Pt/c1-62(2,3)46-28-31-58-60(39-46)69(51-36-49(65(10,11)44-22-16-14-17-23-44)34-50(37-51)66(12,13)45-24-18-15-19-25-45)43-68(58)52-35-48(64(7,8)9)38-54(41-52)71-53-29-30-56-55-26-20-21-27-57(55)70(59(56)42-53)61-40-47(32-33-67-61)63(4,5)6;;/h14-40,43H,1-13H3;1H3;/q-3;-1;+4. The molecule has 5 nitrogen and oxygen atoms in total. The molecule has 0 fully saturated rings. The summed E-state index contributed by atoms with van der Waals surface area (Å²) in [6, 6.07) is 64.8. The molecule has 374 valence electrons. The van der Waals surface area contributed by atoms with E-state index in [2.05, 4.69) is 275 Å². The van der Waals surface area contributed by atoms with Crippen LogP contribution in [0.1, 0.15) is 129 Å². The van der Waals surface area contributed by atoms with Gasteiger partial charge in [0, 0.05) is 51.1 Å². The molecule has 0 spiro atoms. The Labute approximate surface area is 450 Å². The molecule has 6 heteroatoms. The smallest absolute Gasteiger partial charge is 0.509 e. The van der Waals surface area contributed by atoms with E-state index < -0.39 is 0 Å². The summed E-state index contributed by atoms with van der Waals surface area (Å²) in [7, 11) is 0. The first-order valence-corrected chi connectivity index (χ1v) is 25.1. The third-order valence-electron chi connectivity index (χ3n) is 14.8. The summed E-state index contributed by atoms with van der Waals surface area (Å²) in [5, 5.41) is 2.23. The molecule has 0 N–H and O–H groups in total. The summed E-state index contributed by atoms with van der Waals surface area (Å²) in [6.45, 7) is 32.0. The molecule has 0 aliphatic carbocycles. The fourth-order valence-electron chi connectivity index (χ4n) is 9.98. The van der Waals surface area contributed by atoms with Gasteiger partial charge in [-0.05, 0) is 97.5 Å². The van der Waals surface area contributed by atoms with Crippen LogP contribution in [-0.2, 0) is 48.1 Å². The molecule has 9 aromatic rings. The second kappa shape index (κ2) is 19.5. The van der Waals surface area contributed by atoms with Gasteiger partial charge in [-0.2, -0.15) is 6.07 Å². The number of hydrogen-bond acceptors (Lipinski definition) is 4. The third-order valence-corrected chi connectivity index (χ3v) is 14.8. The van der Waals surface area contributed by atoms with Crippen LogP contribution in [0, 0.1) is 26.2 Å². The number of anilines is 4. The monoisotopic (exact) mass is 1140 g/mol. The molecule has 0 saturated heterocycles. The van der Waals surface area contributed by atoms with E-state index in [0.717, 1.165) is 55.9 Å². The van der Waals surface area contributed by atoms with Crippen molar-refractivity contribution in [1.29, 1.82) is 0 Å². The molecule has 10 rings (SSSR count). The van der Waals surface area contributed by atoms with Gasteiger partial charge in [0.2, 0.25) is 0 Å². The van der Waals surface area contributed by atoms with E-state index in [1.165, 1.54) is 33.4 Å². The predicted octanol–water partition coefficient (Wildman–Crippen LogP) is 18.0. The van der Waals surface area contributed by atoms with E-state index in [4.69, 9.17) is 9.72 Å². The fourth-order valence-corrected chi connectivity index (χ4v) is 9.98. The van der Waals surface area contributed by atoms with Crippen molar-refractivity contribution in [3.8, 4) is 17.3 Å². The molecule has 0 bridgehead atoms. The van der Waals surface area contributed by atoms with Gasteiger partial charge in [-0.25, -0.2) is 4.98 Å². The van der Waals surface area contributed by atoms with Gasteiger partial charge in [0.05, 0.1) is 0 Å². The van der Waals surface area contributed by atoms with E-state index in [-0.39, 0.29) is 55.6 Å². The molecule has 1 aliphatic heterocycles. The van der Waals surface area contributed by atoms with Crippen LogP contribution < -0.4 is 14.5 Å².